The summed E-state index contributed by atoms with van der Waals surface area (Å²) in [6.07, 6.45) is 10.3. The molecule has 2 N–H and O–H groups in total. The van der Waals surface area contributed by atoms with Crippen molar-refractivity contribution in [3.63, 3.8) is 0 Å². The molecule has 2 aliphatic rings. The van der Waals surface area contributed by atoms with Crippen LogP contribution in [-0.2, 0) is 0 Å². The monoisotopic (exact) mass is 362 g/mol. The van der Waals surface area contributed by atoms with Gasteiger partial charge in [0.15, 0.2) is 0 Å². The first-order valence-corrected chi connectivity index (χ1v) is 10.3. The molecule has 26 heavy (non-hydrogen) atoms. The number of rotatable bonds is 9. The second-order valence-corrected chi connectivity index (χ2v) is 7.52. The molecule has 0 spiro atoms. The molecule has 0 bridgehead atoms. The maximum atomic E-state index is 12.1. The largest absolute Gasteiger partial charge is 0.468 e. The fourth-order valence-electron chi connectivity index (χ4n) is 4.04. The quantitative estimate of drug-likeness (QED) is 0.663. The van der Waals surface area contributed by atoms with E-state index in [1.807, 2.05) is 12.1 Å². The number of piperidine rings is 1. The Kier molecular flexibility index (Phi) is 7.83. The van der Waals surface area contributed by atoms with Gasteiger partial charge in [-0.3, -0.25) is 4.90 Å². The molecule has 2 amide bonds. The van der Waals surface area contributed by atoms with E-state index >= 15 is 0 Å². The predicted molar refractivity (Wildman–Crippen MR) is 103 cm³/mol. The Morgan fingerprint density at radius 3 is 2.54 bits per heavy atom. The molecule has 1 aromatic heterocycles. The first kappa shape index (κ1) is 19.2. The topological polar surface area (TPSA) is 60.8 Å². The SMILES string of the molecule is O=C(NCCCCN1CCCC1)NCC(c1ccco1)N1CCCCC1. The van der Waals surface area contributed by atoms with Crippen LogP contribution in [0.4, 0.5) is 4.79 Å². The van der Waals surface area contributed by atoms with E-state index in [0.717, 1.165) is 38.2 Å². The second-order valence-electron chi connectivity index (χ2n) is 7.52. The van der Waals surface area contributed by atoms with Crippen LogP contribution in [0.5, 0.6) is 0 Å². The number of hydrogen-bond donors (Lipinski definition) is 2. The number of amides is 2. The normalized spacial score (nSPS) is 20.2. The van der Waals surface area contributed by atoms with Crippen LogP contribution in [0.25, 0.3) is 0 Å². The first-order valence-electron chi connectivity index (χ1n) is 10.3. The van der Waals surface area contributed by atoms with E-state index in [4.69, 9.17) is 4.42 Å². The van der Waals surface area contributed by atoms with Crippen LogP contribution in [0.3, 0.4) is 0 Å². The fourth-order valence-corrected chi connectivity index (χ4v) is 4.04. The van der Waals surface area contributed by atoms with Crippen molar-refractivity contribution in [1.82, 2.24) is 20.4 Å². The van der Waals surface area contributed by atoms with Gasteiger partial charge in [-0.15, -0.1) is 0 Å². The Balaban J connectivity index is 1.34. The standard InChI is InChI=1S/C20H34N4O2/c25-20(21-10-2-5-11-23-12-6-7-13-23)22-17-18(19-9-8-16-26-19)24-14-3-1-4-15-24/h8-9,16,18H,1-7,10-15,17H2,(H2,21,22,25). The lowest BCUT2D eigenvalue weighted by atomic mass is 10.1. The smallest absolute Gasteiger partial charge is 0.314 e. The van der Waals surface area contributed by atoms with Crippen molar-refractivity contribution >= 4 is 6.03 Å². The molecule has 0 aromatic carbocycles. The van der Waals surface area contributed by atoms with Crippen LogP contribution in [0.1, 0.15) is 56.7 Å². The van der Waals surface area contributed by atoms with Crippen molar-refractivity contribution in [3.8, 4) is 0 Å². The van der Waals surface area contributed by atoms with Gasteiger partial charge < -0.3 is 20.0 Å². The fraction of sp³-hybridized carbons (Fsp3) is 0.750. The second kappa shape index (κ2) is 10.6. The Morgan fingerprint density at radius 1 is 1.04 bits per heavy atom. The Labute approximate surface area is 157 Å². The van der Waals surface area contributed by atoms with Crippen molar-refractivity contribution in [1.29, 1.82) is 0 Å². The maximum Gasteiger partial charge on any atom is 0.314 e. The number of unbranched alkanes of at least 4 members (excludes halogenated alkanes) is 1. The van der Waals surface area contributed by atoms with Gasteiger partial charge in [0.05, 0.1) is 12.3 Å². The third-order valence-electron chi connectivity index (χ3n) is 5.54. The lowest BCUT2D eigenvalue weighted by Crippen LogP contribution is -2.43. The Hall–Kier alpha value is -1.53. The van der Waals surface area contributed by atoms with Crippen LogP contribution in [0, 0.1) is 0 Å². The number of carbonyl (C=O) groups is 1. The van der Waals surface area contributed by atoms with Gasteiger partial charge >= 0.3 is 6.03 Å². The van der Waals surface area contributed by atoms with E-state index in [1.165, 1.54) is 51.7 Å². The maximum absolute atomic E-state index is 12.1. The predicted octanol–water partition coefficient (Wildman–Crippen LogP) is 2.98. The summed E-state index contributed by atoms with van der Waals surface area (Å²) < 4.78 is 5.62. The van der Waals surface area contributed by atoms with Gasteiger partial charge in [0.25, 0.3) is 0 Å². The molecule has 1 atom stereocenters. The molecule has 2 aliphatic heterocycles. The van der Waals surface area contributed by atoms with E-state index in [9.17, 15) is 4.79 Å². The molecule has 1 unspecified atom stereocenters. The van der Waals surface area contributed by atoms with E-state index in [1.54, 1.807) is 6.26 Å². The molecule has 0 aliphatic carbocycles. The van der Waals surface area contributed by atoms with Crippen molar-refractivity contribution in [3.05, 3.63) is 24.2 Å². The highest BCUT2D eigenvalue weighted by molar-refractivity contribution is 5.73. The third kappa shape index (κ3) is 6.02. The zero-order valence-electron chi connectivity index (χ0n) is 15.9. The van der Waals surface area contributed by atoms with E-state index in [0.29, 0.717) is 6.54 Å². The lowest BCUT2D eigenvalue weighted by Gasteiger charge is -2.33. The molecule has 2 saturated heterocycles. The summed E-state index contributed by atoms with van der Waals surface area (Å²) in [6.45, 7) is 7.15. The van der Waals surface area contributed by atoms with Gasteiger partial charge in [0, 0.05) is 13.1 Å². The highest BCUT2D eigenvalue weighted by Gasteiger charge is 2.24. The highest BCUT2D eigenvalue weighted by atomic mass is 16.3. The molecule has 1 aromatic rings. The molecule has 3 heterocycles. The molecule has 6 heteroatoms. The molecular weight excluding hydrogens is 328 g/mol. The van der Waals surface area contributed by atoms with E-state index in [-0.39, 0.29) is 12.1 Å². The van der Waals surface area contributed by atoms with Gasteiger partial charge in [-0.25, -0.2) is 4.79 Å². The van der Waals surface area contributed by atoms with Crippen molar-refractivity contribution < 1.29 is 9.21 Å². The van der Waals surface area contributed by atoms with Crippen molar-refractivity contribution in [2.24, 2.45) is 0 Å². The average Bonchev–Trinajstić information content (AvgIpc) is 3.37. The van der Waals surface area contributed by atoms with Gasteiger partial charge in [-0.1, -0.05) is 6.42 Å². The molecule has 6 nitrogen and oxygen atoms in total. The number of urea groups is 1. The number of carbonyl (C=O) groups excluding carboxylic acids is 1. The zero-order valence-corrected chi connectivity index (χ0v) is 15.9. The summed E-state index contributed by atoms with van der Waals surface area (Å²) in [6, 6.07) is 4.00. The summed E-state index contributed by atoms with van der Waals surface area (Å²) in [5.74, 6) is 0.942. The summed E-state index contributed by atoms with van der Waals surface area (Å²) in [5.41, 5.74) is 0. The third-order valence-corrected chi connectivity index (χ3v) is 5.54. The van der Waals surface area contributed by atoms with Crippen LogP contribution < -0.4 is 10.6 Å². The minimum atomic E-state index is -0.0697. The average molecular weight is 363 g/mol. The molecule has 3 rings (SSSR count). The summed E-state index contributed by atoms with van der Waals surface area (Å²) in [5, 5.41) is 6.03. The van der Waals surface area contributed by atoms with Crippen molar-refractivity contribution in [2.45, 2.75) is 51.0 Å². The number of nitrogens with one attached hydrogen (secondary N) is 2. The van der Waals surface area contributed by atoms with Crippen LogP contribution in [0.2, 0.25) is 0 Å². The number of furan rings is 1. The molecule has 0 radical (unpaired) electrons. The minimum Gasteiger partial charge on any atom is -0.468 e. The molecule has 146 valence electrons. The number of nitrogens with zero attached hydrogens (tertiary/aromatic N) is 2. The van der Waals surface area contributed by atoms with Crippen LogP contribution >= 0.6 is 0 Å². The van der Waals surface area contributed by atoms with Gasteiger partial charge in [0.1, 0.15) is 5.76 Å². The minimum absolute atomic E-state index is 0.0697. The van der Waals surface area contributed by atoms with Crippen LogP contribution in [-0.4, -0.2) is 61.6 Å². The number of hydrogen-bond acceptors (Lipinski definition) is 4. The van der Waals surface area contributed by atoms with E-state index < -0.39 is 0 Å². The summed E-state index contributed by atoms with van der Waals surface area (Å²) >= 11 is 0. The van der Waals surface area contributed by atoms with Gasteiger partial charge in [0.2, 0.25) is 0 Å². The van der Waals surface area contributed by atoms with Gasteiger partial charge in [-0.2, -0.15) is 0 Å². The van der Waals surface area contributed by atoms with E-state index in [2.05, 4.69) is 20.4 Å². The first-order chi connectivity index (χ1) is 12.8. The highest BCUT2D eigenvalue weighted by Crippen LogP contribution is 2.24. The Morgan fingerprint density at radius 2 is 1.81 bits per heavy atom. The summed E-state index contributed by atoms with van der Waals surface area (Å²) in [4.78, 5) is 17.1. The summed E-state index contributed by atoms with van der Waals surface area (Å²) in [7, 11) is 0. The van der Waals surface area contributed by atoms with Crippen molar-refractivity contribution in [2.75, 3.05) is 45.8 Å². The lowest BCUT2D eigenvalue weighted by molar-refractivity contribution is 0.143. The Bertz CT molecular complexity index is 508. The van der Waals surface area contributed by atoms with Gasteiger partial charge in [-0.05, 0) is 83.4 Å². The molecule has 0 saturated carbocycles. The molecule has 2 fully saturated rings. The zero-order chi connectivity index (χ0) is 18.0. The molecular formula is C20H34N4O2. The van der Waals surface area contributed by atoms with Crippen LogP contribution in [0.15, 0.2) is 22.8 Å². The number of likely N-dealkylation sites (tertiary alicyclic amines) is 2.